The Bertz CT molecular complexity index is 882. The Kier molecular flexibility index (Phi) is 5.55. The molecule has 4 rings (SSSR count). The van der Waals surface area contributed by atoms with Gasteiger partial charge in [0.1, 0.15) is 5.75 Å². The Morgan fingerprint density at radius 1 is 1.19 bits per heavy atom. The molecule has 1 N–H and O–H groups in total. The van der Waals surface area contributed by atoms with Gasteiger partial charge in [-0.15, -0.1) is 11.3 Å². The van der Waals surface area contributed by atoms with Gasteiger partial charge < -0.3 is 15.0 Å². The molecule has 4 nitrogen and oxygen atoms in total. The van der Waals surface area contributed by atoms with Crippen molar-refractivity contribution in [3.05, 3.63) is 53.5 Å². The monoisotopic (exact) mass is 397 g/mol. The Labute approximate surface area is 169 Å². The van der Waals surface area contributed by atoms with E-state index in [1.54, 1.807) is 0 Å². The molecule has 0 amide bonds. The van der Waals surface area contributed by atoms with Crippen molar-refractivity contribution in [2.45, 2.75) is 25.7 Å². The number of likely N-dealkylation sites (tertiary alicyclic amines) is 1. The zero-order valence-corrected chi connectivity index (χ0v) is 17.0. The summed E-state index contributed by atoms with van der Waals surface area (Å²) in [6, 6.07) is 16.3. The van der Waals surface area contributed by atoms with Crippen LogP contribution in [0.2, 0.25) is 0 Å². The predicted octanol–water partition coefficient (Wildman–Crippen LogP) is 5.27. The van der Waals surface area contributed by atoms with Crippen molar-refractivity contribution in [2.24, 2.45) is 0 Å². The minimum Gasteiger partial charge on any atom is -0.494 e. The van der Waals surface area contributed by atoms with Crippen LogP contribution in [0.3, 0.4) is 0 Å². The van der Waals surface area contributed by atoms with Gasteiger partial charge in [0.2, 0.25) is 0 Å². The molecule has 140 valence electrons. The number of rotatable bonds is 4. The minimum absolute atomic E-state index is 0.534. The van der Waals surface area contributed by atoms with Gasteiger partial charge in [0, 0.05) is 24.7 Å². The van der Waals surface area contributed by atoms with E-state index < -0.39 is 0 Å². The van der Waals surface area contributed by atoms with Gasteiger partial charge in [-0.2, -0.15) is 0 Å². The van der Waals surface area contributed by atoms with Crippen molar-refractivity contribution >= 4 is 44.6 Å². The molecule has 1 fully saturated rings. The Morgan fingerprint density at radius 2 is 1.93 bits per heavy atom. The van der Waals surface area contributed by atoms with Crippen LogP contribution in [0.25, 0.3) is 10.2 Å². The molecule has 1 aliphatic rings. The van der Waals surface area contributed by atoms with Crippen LogP contribution in [0, 0.1) is 0 Å². The second-order valence-corrected chi connectivity index (χ2v) is 8.12. The third kappa shape index (κ3) is 4.22. The average Bonchev–Trinajstić information content (AvgIpc) is 3.14. The van der Waals surface area contributed by atoms with Crippen LogP contribution in [-0.2, 0) is 0 Å². The summed E-state index contributed by atoms with van der Waals surface area (Å²) in [5.74, 6) is 1.41. The summed E-state index contributed by atoms with van der Waals surface area (Å²) in [7, 11) is 0. The lowest BCUT2D eigenvalue weighted by atomic mass is 9.98. The first-order chi connectivity index (χ1) is 13.2. The van der Waals surface area contributed by atoms with E-state index in [2.05, 4.69) is 34.5 Å². The molecule has 0 radical (unpaired) electrons. The largest absolute Gasteiger partial charge is 0.494 e. The molecule has 0 saturated carbocycles. The van der Waals surface area contributed by atoms with Crippen LogP contribution in [-0.4, -0.2) is 34.7 Å². The molecule has 1 saturated heterocycles. The third-order valence-corrected chi connectivity index (χ3v) is 6.42. The highest BCUT2D eigenvalue weighted by molar-refractivity contribution is 7.80. The number of hydrogen-bond acceptors (Lipinski definition) is 4. The number of benzene rings is 2. The number of piperidine rings is 1. The number of anilines is 1. The highest BCUT2D eigenvalue weighted by Crippen LogP contribution is 2.34. The fraction of sp³-hybridized carbons (Fsp3) is 0.333. The second kappa shape index (κ2) is 8.23. The highest BCUT2D eigenvalue weighted by Gasteiger charge is 2.24. The molecule has 6 heteroatoms. The van der Waals surface area contributed by atoms with Gasteiger partial charge in [0.25, 0.3) is 0 Å². The molecule has 2 aromatic carbocycles. The first-order valence-electron chi connectivity index (χ1n) is 9.37. The number of nitrogens with one attached hydrogen (secondary N) is 1. The highest BCUT2D eigenvalue weighted by atomic mass is 32.1. The van der Waals surface area contributed by atoms with E-state index in [9.17, 15) is 0 Å². The second-order valence-electron chi connectivity index (χ2n) is 6.67. The topological polar surface area (TPSA) is 37.4 Å². The van der Waals surface area contributed by atoms with Gasteiger partial charge >= 0.3 is 0 Å². The fourth-order valence-electron chi connectivity index (χ4n) is 3.40. The first-order valence-corrected chi connectivity index (χ1v) is 10.6. The minimum atomic E-state index is 0.534. The number of ether oxygens (including phenoxy) is 1. The molecule has 3 aromatic rings. The number of fused-ring (bicyclic) bond motifs is 1. The number of hydrogen-bond donors (Lipinski definition) is 1. The van der Waals surface area contributed by atoms with Gasteiger partial charge in [0.05, 0.1) is 21.8 Å². The fourth-order valence-corrected chi connectivity index (χ4v) is 4.83. The van der Waals surface area contributed by atoms with E-state index in [1.807, 2.05) is 42.5 Å². The molecule has 0 atom stereocenters. The van der Waals surface area contributed by atoms with Crippen molar-refractivity contribution in [3.63, 3.8) is 0 Å². The SMILES string of the molecule is CCOc1ccc(NC(=S)N2CCC(c3nc4ccccc4s3)CC2)cc1. The van der Waals surface area contributed by atoms with E-state index in [1.165, 1.54) is 9.71 Å². The predicted molar refractivity (Wildman–Crippen MR) is 117 cm³/mol. The van der Waals surface area contributed by atoms with Crippen molar-refractivity contribution in [3.8, 4) is 5.75 Å². The number of thiocarbonyl (C=S) groups is 1. The number of thiazole rings is 1. The van der Waals surface area contributed by atoms with Crippen LogP contribution in [0.15, 0.2) is 48.5 Å². The maximum absolute atomic E-state index is 5.62. The maximum Gasteiger partial charge on any atom is 0.173 e. The van der Waals surface area contributed by atoms with Crippen molar-refractivity contribution in [1.29, 1.82) is 0 Å². The van der Waals surface area contributed by atoms with Gasteiger partial charge in [0.15, 0.2) is 5.11 Å². The summed E-state index contributed by atoms with van der Waals surface area (Å²) in [6.07, 6.45) is 2.18. The molecule has 1 aromatic heterocycles. The van der Waals surface area contributed by atoms with E-state index in [4.69, 9.17) is 21.9 Å². The van der Waals surface area contributed by atoms with Crippen molar-refractivity contribution in [1.82, 2.24) is 9.88 Å². The van der Waals surface area contributed by atoms with Crippen LogP contribution >= 0.6 is 23.6 Å². The number of para-hydroxylation sites is 1. The lowest BCUT2D eigenvalue weighted by Crippen LogP contribution is -2.40. The summed E-state index contributed by atoms with van der Waals surface area (Å²) in [6.45, 7) is 4.58. The van der Waals surface area contributed by atoms with Gasteiger partial charge in [-0.3, -0.25) is 0 Å². The maximum atomic E-state index is 5.62. The Hall–Kier alpha value is -2.18. The lowest BCUT2D eigenvalue weighted by Gasteiger charge is -2.33. The molecule has 0 aliphatic carbocycles. The van der Waals surface area contributed by atoms with Gasteiger partial charge in [-0.25, -0.2) is 4.98 Å². The number of aromatic nitrogens is 1. The zero-order chi connectivity index (χ0) is 18.6. The third-order valence-electron chi connectivity index (χ3n) is 4.86. The molecule has 1 aliphatic heterocycles. The van der Waals surface area contributed by atoms with E-state index in [-0.39, 0.29) is 0 Å². The van der Waals surface area contributed by atoms with Crippen LogP contribution in [0.5, 0.6) is 5.75 Å². The standard InChI is InChI=1S/C21H23N3OS2/c1-2-25-17-9-7-16(8-10-17)22-21(26)24-13-11-15(12-14-24)20-23-18-5-3-4-6-19(18)27-20/h3-10,15H,2,11-14H2,1H3,(H,22,26). The summed E-state index contributed by atoms with van der Waals surface area (Å²) in [5.41, 5.74) is 2.12. The summed E-state index contributed by atoms with van der Waals surface area (Å²) >= 11 is 7.45. The van der Waals surface area contributed by atoms with Crippen LogP contribution < -0.4 is 10.1 Å². The molecule has 0 unspecified atom stereocenters. The molecular weight excluding hydrogens is 374 g/mol. The van der Waals surface area contributed by atoms with Crippen molar-refractivity contribution < 1.29 is 4.74 Å². The van der Waals surface area contributed by atoms with Gasteiger partial charge in [-0.1, -0.05) is 12.1 Å². The van der Waals surface area contributed by atoms with E-state index in [0.29, 0.717) is 12.5 Å². The van der Waals surface area contributed by atoms with Crippen LogP contribution in [0.1, 0.15) is 30.7 Å². The molecule has 0 spiro atoms. The smallest absolute Gasteiger partial charge is 0.173 e. The van der Waals surface area contributed by atoms with E-state index in [0.717, 1.165) is 48.0 Å². The Balaban J connectivity index is 1.33. The quantitative estimate of drug-likeness (QED) is 0.607. The van der Waals surface area contributed by atoms with E-state index >= 15 is 0 Å². The molecule has 2 heterocycles. The normalized spacial score (nSPS) is 15.1. The lowest BCUT2D eigenvalue weighted by molar-refractivity contribution is 0.316. The number of nitrogens with zero attached hydrogens (tertiary/aromatic N) is 2. The summed E-state index contributed by atoms with van der Waals surface area (Å²) < 4.78 is 6.76. The summed E-state index contributed by atoms with van der Waals surface area (Å²) in [5, 5.41) is 5.40. The van der Waals surface area contributed by atoms with Gasteiger partial charge in [-0.05, 0) is 68.4 Å². The first kappa shape index (κ1) is 18.2. The van der Waals surface area contributed by atoms with Crippen LogP contribution in [0.4, 0.5) is 5.69 Å². The molecule has 27 heavy (non-hydrogen) atoms. The Morgan fingerprint density at radius 3 is 2.63 bits per heavy atom. The molecular formula is C21H23N3OS2. The summed E-state index contributed by atoms with van der Waals surface area (Å²) in [4.78, 5) is 7.10. The zero-order valence-electron chi connectivity index (χ0n) is 15.4. The van der Waals surface area contributed by atoms with Crippen molar-refractivity contribution in [2.75, 3.05) is 25.0 Å². The molecule has 0 bridgehead atoms. The average molecular weight is 398 g/mol.